The Hall–Kier alpha value is -0.800. The van der Waals surface area contributed by atoms with E-state index in [2.05, 4.69) is 17.1 Å². The van der Waals surface area contributed by atoms with E-state index >= 15 is 0 Å². The average Bonchev–Trinajstić information content (AvgIpc) is 2.35. The number of rotatable bonds is 4. The van der Waals surface area contributed by atoms with Crippen molar-refractivity contribution >= 4 is 11.6 Å². The quantitative estimate of drug-likeness (QED) is 0.780. The zero-order chi connectivity index (χ0) is 8.97. The Balaban J connectivity index is 2.29. The van der Waals surface area contributed by atoms with Crippen LogP contribution in [0.1, 0.15) is 11.5 Å². The molecule has 1 aromatic heterocycles. The molecule has 0 bridgehead atoms. The van der Waals surface area contributed by atoms with Gasteiger partial charge in [0.15, 0.2) is 5.76 Å². The lowest BCUT2D eigenvalue weighted by Gasteiger charge is -1.97. The van der Waals surface area contributed by atoms with Crippen LogP contribution >= 0.6 is 11.6 Å². The third kappa shape index (κ3) is 3.07. The summed E-state index contributed by atoms with van der Waals surface area (Å²) in [7, 11) is 0. The predicted octanol–water partition coefficient (Wildman–Crippen LogP) is 1.83. The molecule has 0 aliphatic carbocycles. The van der Waals surface area contributed by atoms with Gasteiger partial charge in [0.25, 0.3) is 0 Å². The summed E-state index contributed by atoms with van der Waals surface area (Å²) in [6.07, 6.45) is 0. The summed E-state index contributed by atoms with van der Waals surface area (Å²) in [6, 6.07) is 1.88. The SMILES string of the molecule is C=C(Cl)CNCc1cc(C)no1. The summed E-state index contributed by atoms with van der Waals surface area (Å²) in [4.78, 5) is 0. The molecule has 0 fully saturated rings. The highest BCUT2D eigenvalue weighted by Gasteiger charge is 1.98. The van der Waals surface area contributed by atoms with E-state index in [1.54, 1.807) is 0 Å². The van der Waals surface area contributed by atoms with E-state index in [0.717, 1.165) is 11.5 Å². The van der Waals surface area contributed by atoms with Gasteiger partial charge in [0.1, 0.15) is 0 Å². The van der Waals surface area contributed by atoms with Gasteiger partial charge in [0, 0.05) is 17.6 Å². The fourth-order valence-electron chi connectivity index (χ4n) is 0.821. The first-order valence-corrected chi connectivity index (χ1v) is 4.02. The Morgan fingerprint density at radius 3 is 3.08 bits per heavy atom. The van der Waals surface area contributed by atoms with E-state index in [9.17, 15) is 0 Å². The van der Waals surface area contributed by atoms with Crippen molar-refractivity contribution in [2.45, 2.75) is 13.5 Å². The van der Waals surface area contributed by atoms with Crippen molar-refractivity contribution in [2.75, 3.05) is 6.54 Å². The van der Waals surface area contributed by atoms with E-state index in [1.807, 2.05) is 13.0 Å². The minimum Gasteiger partial charge on any atom is -0.360 e. The monoisotopic (exact) mass is 186 g/mol. The van der Waals surface area contributed by atoms with Gasteiger partial charge in [-0.25, -0.2) is 0 Å². The van der Waals surface area contributed by atoms with Crippen LogP contribution in [0.5, 0.6) is 0 Å². The van der Waals surface area contributed by atoms with Gasteiger partial charge in [0.2, 0.25) is 0 Å². The Morgan fingerprint density at radius 2 is 2.58 bits per heavy atom. The van der Waals surface area contributed by atoms with Crippen molar-refractivity contribution < 1.29 is 4.52 Å². The lowest BCUT2D eigenvalue weighted by molar-refractivity contribution is 0.372. The summed E-state index contributed by atoms with van der Waals surface area (Å²) in [6.45, 7) is 6.65. The lowest BCUT2D eigenvalue weighted by Crippen LogP contribution is -2.13. The Labute approximate surface area is 76.4 Å². The van der Waals surface area contributed by atoms with Gasteiger partial charge in [-0.3, -0.25) is 0 Å². The van der Waals surface area contributed by atoms with Gasteiger partial charge in [0.05, 0.1) is 12.2 Å². The molecular formula is C8H11ClN2O. The summed E-state index contributed by atoms with van der Waals surface area (Å²) in [5, 5.41) is 7.38. The topological polar surface area (TPSA) is 38.1 Å². The summed E-state index contributed by atoms with van der Waals surface area (Å²) >= 11 is 5.55. The molecule has 1 N–H and O–H groups in total. The highest BCUT2D eigenvalue weighted by molar-refractivity contribution is 6.29. The highest BCUT2D eigenvalue weighted by atomic mass is 35.5. The van der Waals surface area contributed by atoms with E-state index in [0.29, 0.717) is 18.1 Å². The largest absolute Gasteiger partial charge is 0.360 e. The van der Waals surface area contributed by atoms with E-state index < -0.39 is 0 Å². The molecule has 0 spiro atoms. The average molecular weight is 187 g/mol. The number of aryl methyl sites for hydroxylation is 1. The maximum atomic E-state index is 5.55. The maximum Gasteiger partial charge on any atom is 0.150 e. The van der Waals surface area contributed by atoms with Crippen molar-refractivity contribution in [1.29, 1.82) is 0 Å². The standard InChI is InChI=1S/C8H11ClN2O/c1-6(9)4-10-5-8-3-7(2)11-12-8/h3,10H,1,4-5H2,2H3. The first-order chi connectivity index (χ1) is 5.68. The summed E-state index contributed by atoms with van der Waals surface area (Å²) < 4.78 is 4.96. The van der Waals surface area contributed by atoms with Crippen LogP contribution < -0.4 is 5.32 Å². The molecule has 3 nitrogen and oxygen atoms in total. The molecule has 0 aliphatic rings. The second-order valence-electron chi connectivity index (χ2n) is 2.56. The molecule has 1 rings (SSSR count). The molecule has 0 saturated heterocycles. The van der Waals surface area contributed by atoms with Gasteiger partial charge in [-0.05, 0) is 6.92 Å². The lowest BCUT2D eigenvalue weighted by atomic mass is 10.4. The third-order valence-electron chi connectivity index (χ3n) is 1.29. The molecule has 0 aliphatic heterocycles. The van der Waals surface area contributed by atoms with Crippen molar-refractivity contribution in [3.05, 3.63) is 29.1 Å². The molecule has 0 aromatic carbocycles. The number of halogens is 1. The number of nitrogens with one attached hydrogen (secondary N) is 1. The van der Waals surface area contributed by atoms with Crippen LogP contribution in [0.2, 0.25) is 0 Å². The molecule has 0 unspecified atom stereocenters. The first kappa shape index (κ1) is 9.29. The molecule has 1 heterocycles. The van der Waals surface area contributed by atoms with Crippen molar-refractivity contribution in [3.63, 3.8) is 0 Å². The van der Waals surface area contributed by atoms with Gasteiger partial charge in [-0.15, -0.1) is 0 Å². The molecule has 66 valence electrons. The van der Waals surface area contributed by atoms with Gasteiger partial charge in [-0.1, -0.05) is 23.3 Å². The van der Waals surface area contributed by atoms with Crippen LogP contribution in [0, 0.1) is 6.92 Å². The van der Waals surface area contributed by atoms with E-state index in [1.165, 1.54) is 0 Å². The van der Waals surface area contributed by atoms with E-state index in [4.69, 9.17) is 16.1 Å². The van der Waals surface area contributed by atoms with Crippen LogP contribution in [0.4, 0.5) is 0 Å². The first-order valence-electron chi connectivity index (χ1n) is 3.64. The maximum absolute atomic E-state index is 5.55. The van der Waals surface area contributed by atoms with Crippen LogP contribution in [0.3, 0.4) is 0 Å². The minimum atomic E-state index is 0.585. The highest BCUT2D eigenvalue weighted by Crippen LogP contribution is 2.01. The number of nitrogens with zero attached hydrogens (tertiary/aromatic N) is 1. The number of aromatic nitrogens is 1. The normalized spacial score (nSPS) is 10.2. The third-order valence-corrected chi connectivity index (χ3v) is 1.43. The van der Waals surface area contributed by atoms with Crippen LogP contribution in [-0.4, -0.2) is 11.7 Å². The van der Waals surface area contributed by atoms with Crippen LogP contribution in [0.15, 0.2) is 22.2 Å². The molecular weight excluding hydrogens is 176 g/mol. The Kier molecular flexibility index (Phi) is 3.31. The predicted molar refractivity (Wildman–Crippen MR) is 47.9 cm³/mol. The molecule has 0 atom stereocenters. The Bertz CT molecular complexity index is 270. The second kappa shape index (κ2) is 4.28. The second-order valence-corrected chi connectivity index (χ2v) is 3.09. The van der Waals surface area contributed by atoms with Crippen molar-refractivity contribution in [2.24, 2.45) is 0 Å². The van der Waals surface area contributed by atoms with Crippen LogP contribution in [-0.2, 0) is 6.54 Å². The van der Waals surface area contributed by atoms with Crippen LogP contribution in [0.25, 0.3) is 0 Å². The van der Waals surface area contributed by atoms with Gasteiger partial charge >= 0.3 is 0 Å². The summed E-state index contributed by atoms with van der Waals surface area (Å²) in [5.74, 6) is 0.811. The number of hydrogen-bond acceptors (Lipinski definition) is 3. The van der Waals surface area contributed by atoms with Crippen molar-refractivity contribution in [1.82, 2.24) is 10.5 Å². The van der Waals surface area contributed by atoms with Crippen molar-refractivity contribution in [3.8, 4) is 0 Å². The molecule has 12 heavy (non-hydrogen) atoms. The van der Waals surface area contributed by atoms with E-state index in [-0.39, 0.29) is 0 Å². The smallest absolute Gasteiger partial charge is 0.150 e. The summed E-state index contributed by atoms with van der Waals surface area (Å²) in [5.41, 5.74) is 0.886. The minimum absolute atomic E-state index is 0.585. The van der Waals surface area contributed by atoms with Gasteiger partial charge < -0.3 is 9.84 Å². The fourth-order valence-corrected chi connectivity index (χ4v) is 0.915. The molecule has 0 saturated carbocycles. The fraction of sp³-hybridized carbons (Fsp3) is 0.375. The molecule has 1 aromatic rings. The zero-order valence-electron chi connectivity index (χ0n) is 6.93. The zero-order valence-corrected chi connectivity index (χ0v) is 7.69. The Morgan fingerprint density at radius 1 is 1.83 bits per heavy atom. The number of hydrogen-bond donors (Lipinski definition) is 1. The molecule has 0 amide bonds. The van der Waals surface area contributed by atoms with Gasteiger partial charge in [-0.2, -0.15) is 0 Å². The molecule has 0 radical (unpaired) electrons. The molecule has 4 heteroatoms.